The van der Waals surface area contributed by atoms with Crippen molar-refractivity contribution in [2.45, 2.75) is 0 Å². The highest BCUT2D eigenvalue weighted by Crippen LogP contribution is 2.44. The molecule has 65 heavy (non-hydrogen) atoms. The van der Waals surface area contributed by atoms with Crippen LogP contribution in [0, 0.1) is 0 Å². The fourth-order valence-electron chi connectivity index (χ4n) is 10.1. The number of hydrogen-bond donors (Lipinski definition) is 0. The average molecular weight is 829 g/mol. The summed E-state index contributed by atoms with van der Waals surface area (Å²) in [5.41, 5.74) is 15.6. The zero-order valence-electron chi connectivity index (χ0n) is 35.4. The van der Waals surface area contributed by atoms with Crippen molar-refractivity contribution >= 4 is 82.4 Å². The molecule has 304 valence electrons. The van der Waals surface area contributed by atoms with Crippen LogP contribution in [0.15, 0.2) is 247 Å². The van der Waals surface area contributed by atoms with Gasteiger partial charge in [-0.3, -0.25) is 0 Å². The van der Waals surface area contributed by atoms with E-state index in [1.54, 1.807) is 0 Å². The summed E-state index contributed by atoms with van der Waals surface area (Å²) >= 11 is 0. The smallest absolute Gasteiger partial charge is 0.136 e. The molecule has 0 saturated heterocycles. The maximum Gasteiger partial charge on any atom is 0.136 e. The number of aromatic nitrogens is 1. The fraction of sp³-hybridized carbons (Fsp3) is 0. The topological polar surface area (TPSA) is 21.3 Å². The van der Waals surface area contributed by atoms with Gasteiger partial charge in [0.2, 0.25) is 0 Å². The van der Waals surface area contributed by atoms with Gasteiger partial charge in [-0.1, -0.05) is 164 Å². The number of anilines is 3. The highest BCUT2D eigenvalue weighted by atomic mass is 16.3. The molecule has 11 aromatic carbocycles. The maximum atomic E-state index is 6.34. The van der Waals surface area contributed by atoms with E-state index in [1.165, 1.54) is 60.0 Å². The van der Waals surface area contributed by atoms with Gasteiger partial charge in [-0.05, 0) is 128 Å². The highest BCUT2D eigenvalue weighted by molar-refractivity contribution is 6.15. The molecule has 0 aliphatic heterocycles. The first kappa shape index (κ1) is 36.9. The molecule has 13 aromatic rings. The van der Waals surface area contributed by atoms with Crippen LogP contribution in [0.4, 0.5) is 17.1 Å². The van der Waals surface area contributed by atoms with Gasteiger partial charge in [-0.2, -0.15) is 0 Å². The van der Waals surface area contributed by atoms with Crippen LogP contribution in [0.25, 0.3) is 104 Å². The first-order valence-corrected chi connectivity index (χ1v) is 22.2. The second-order valence-corrected chi connectivity index (χ2v) is 16.9. The van der Waals surface area contributed by atoms with Crippen molar-refractivity contribution in [3.63, 3.8) is 0 Å². The summed E-state index contributed by atoms with van der Waals surface area (Å²) in [6.45, 7) is 0. The number of fused-ring (bicyclic) bond motifs is 9. The van der Waals surface area contributed by atoms with Crippen LogP contribution >= 0.6 is 0 Å². The van der Waals surface area contributed by atoms with Gasteiger partial charge in [0, 0.05) is 44.0 Å². The molecule has 0 aliphatic rings. The lowest BCUT2D eigenvalue weighted by Gasteiger charge is -2.28. The van der Waals surface area contributed by atoms with Gasteiger partial charge < -0.3 is 13.9 Å². The van der Waals surface area contributed by atoms with Gasteiger partial charge in [0.1, 0.15) is 11.2 Å². The van der Waals surface area contributed by atoms with E-state index in [0.29, 0.717) is 0 Å². The summed E-state index contributed by atoms with van der Waals surface area (Å²) in [4.78, 5) is 2.42. The third kappa shape index (κ3) is 6.20. The third-order valence-electron chi connectivity index (χ3n) is 13.1. The number of nitrogens with zero attached hydrogens (tertiary/aromatic N) is 2. The summed E-state index contributed by atoms with van der Waals surface area (Å²) in [6.07, 6.45) is 0. The Balaban J connectivity index is 0.905. The van der Waals surface area contributed by atoms with E-state index in [1.807, 2.05) is 12.1 Å². The number of rotatable bonds is 7. The van der Waals surface area contributed by atoms with Crippen LogP contribution in [-0.2, 0) is 0 Å². The minimum absolute atomic E-state index is 0.891. The van der Waals surface area contributed by atoms with E-state index in [-0.39, 0.29) is 0 Å². The quantitative estimate of drug-likeness (QED) is 0.149. The first-order valence-electron chi connectivity index (χ1n) is 22.2. The second kappa shape index (κ2) is 15.0. The van der Waals surface area contributed by atoms with Crippen LogP contribution in [0.1, 0.15) is 0 Å². The number of para-hydroxylation sites is 3. The maximum absolute atomic E-state index is 6.34. The lowest BCUT2D eigenvalue weighted by atomic mass is 9.97. The normalized spacial score (nSPS) is 11.7. The minimum atomic E-state index is 0.891. The second-order valence-electron chi connectivity index (χ2n) is 16.9. The molecule has 2 aromatic heterocycles. The zero-order valence-corrected chi connectivity index (χ0v) is 35.4. The van der Waals surface area contributed by atoms with Crippen LogP contribution in [0.3, 0.4) is 0 Å². The molecule has 0 atom stereocenters. The van der Waals surface area contributed by atoms with Crippen molar-refractivity contribution in [3.05, 3.63) is 243 Å². The van der Waals surface area contributed by atoms with Crippen LogP contribution in [0.2, 0.25) is 0 Å². The molecule has 0 bridgehead atoms. The minimum Gasteiger partial charge on any atom is -0.456 e. The summed E-state index contributed by atoms with van der Waals surface area (Å²) in [7, 11) is 0. The van der Waals surface area contributed by atoms with Crippen molar-refractivity contribution in [2.75, 3.05) is 4.90 Å². The van der Waals surface area contributed by atoms with Gasteiger partial charge in [0.25, 0.3) is 0 Å². The zero-order chi connectivity index (χ0) is 42.8. The van der Waals surface area contributed by atoms with Gasteiger partial charge >= 0.3 is 0 Å². The van der Waals surface area contributed by atoms with Crippen LogP contribution < -0.4 is 4.90 Å². The molecule has 3 nitrogen and oxygen atoms in total. The Morgan fingerprint density at radius 3 is 1.60 bits per heavy atom. The first-order chi connectivity index (χ1) is 32.2. The van der Waals surface area contributed by atoms with Crippen molar-refractivity contribution in [3.8, 4) is 39.1 Å². The van der Waals surface area contributed by atoms with Crippen molar-refractivity contribution < 1.29 is 4.42 Å². The molecular weight excluding hydrogens is 789 g/mol. The summed E-state index contributed by atoms with van der Waals surface area (Å²) < 4.78 is 8.72. The Hall–Kier alpha value is -8.66. The molecule has 0 radical (unpaired) electrons. The van der Waals surface area contributed by atoms with E-state index < -0.39 is 0 Å². The molecule has 2 heterocycles. The lowest BCUT2D eigenvalue weighted by Crippen LogP contribution is -2.10. The Morgan fingerprint density at radius 1 is 0.292 bits per heavy atom. The summed E-state index contributed by atoms with van der Waals surface area (Å²) in [5.74, 6) is 0. The number of furan rings is 1. The molecule has 0 N–H and O–H groups in total. The van der Waals surface area contributed by atoms with Crippen LogP contribution in [0.5, 0.6) is 0 Å². The van der Waals surface area contributed by atoms with Gasteiger partial charge in [-0.25, -0.2) is 0 Å². The Morgan fingerprint density at radius 2 is 0.831 bits per heavy atom. The van der Waals surface area contributed by atoms with E-state index in [4.69, 9.17) is 4.42 Å². The molecule has 3 heteroatoms. The number of hydrogen-bond acceptors (Lipinski definition) is 2. The van der Waals surface area contributed by atoms with Crippen molar-refractivity contribution in [1.29, 1.82) is 0 Å². The molecule has 0 unspecified atom stereocenters. The van der Waals surface area contributed by atoms with Crippen molar-refractivity contribution in [2.24, 2.45) is 0 Å². The molecule has 0 saturated carbocycles. The lowest BCUT2D eigenvalue weighted by molar-refractivity contribution is 0.669. The van der Waals surface area contributed by atoms with E-state index >= 15 is 0 Å². The van der Waals surface area contributed by atoms with Crippen molar-refractivity contribution in [1.82, 2.24) is 4.57 Å². The molecule has 0 amide bonds. The summed E-state index contributed by atoms with van der Waals surface area (Å²) in [6, 6.07) is 87.8. The molecule has 0 spiro atoms. The summed E-state index contributed by atoms with van der Waals surface area (Å²) in [5, 5.41) is 9.66. The number of benzene rings is 11. The largest absolute Gasteiger partial charge is 0.456 e. The molecule has 13 rings (SSSR count). The van der Waals surface area contributed by atoms with Crippen LogP contribution in [-0.4, -0.2) is 4.57 Å². The van der Waals surface area contributed by atoms with Gasteiger partial charge in [-0.15, -0.1) is 0 Å². The standard InChI is InChI=1S/C62H40N2O/c1-2-21-51-47(14-1)39-60(53-23-4-3-22-52(51)53)63(49-19-12-18-45(37-49)46-32-35-57-56-26-7-10-29-61(56)65-62(57)40-46)48-33-30-41(31-34-48)42-15-11-16-43(36-42)44-17-13-20-50(38-44)64-58-27-8-5-24-54(58)55-25-6-9-28-59(55)64/h1-40H. The molecule has 0 fully saturated rings. The van der Waals surface area contributed by atoms with Gasteiger partial charge in [0.15, 0.2) is 0 Å². The SMILES string of the molecule is c1cc(-c2ccc(N(c3cccc(-c4ccc5c(c4)oc4ccccc45)c3)c3cc4ccccc4c4ccccc34)cc2)cc(-c2cccc(-n3c4ccccc4c4ccccc43)c2)c1. The Labute approximate surface area is 376 Å². The van der Waals surface area contributed by atoms with Gasteiger partial charge in [0.05, 0.1) is 16.7 Å². The predicted molar refractivity (Wildman–Crippen MR) is 274 cm³/mol. The fourth-order valence-corrected chi connectivity index (χ4v) is 10.1. The van der Waals surface area contributed by atoms with E-state index in [9.17, 15) is 0 Å². The average Bonchev–Trinajstić information content (AvgIpc) is 3.92. The Bertz CT molecular complexity index is 3910. The highest BCUT2D eigenvalue weighted by Gasteiger charge is 2.19. The van der Waals surface area contributed by atoms with E-state index in [0.717, 1.165) is 61.4 Å². The monoisotopic (exact) mass is 828 g/mol. The predicted octanol–water partition coefficient (Wildman–Crippen LogP) is 17.5. The van der Waals surface area contributed by atoms with E-state index in [2.05, 4.69) is 240 Å². The Kier molecular flexibility index (Phi) is 8.53. The molecule has 0 aliphatic carbocycles. The third-order valence-corrected chi connectivity index (χ3v) is 13.1. The molecular formula is C62H40N2O.